The first-order valence-corrected chi connectivity index (χ1v) is 8.48. The molecular formula is C16H17N6O6-. The Morgan fingerprint density at radius 3 is 2.57 bits per heavy atom. The number of unbranched alkanes of at least 4 members (excludes halogenated alkanes) is 1. The number of nitro groups is 1. The summed E-state index contributed by atoms with van der Waals surface area (Å²) in [7, 11) is 0. The Labute approximate surface area is 158 Å². The highest BCUT2D eigenvalue weighted by Crippen LogP contribution is 2.29. The SMILES string of the molecule is [N-]=[N+]=Nc1ccc(NCCCCC(C(=O)[O-])N2C(=O)CCC2=O)c([N+](=O)[O-])c1. The molecule has 1 heterocycles. The van der Waals surface area contributed by atoms with Crippen molar-refractivity contribution < 1.29 is 24.4 Å². The molecule has 0 saturated carbocycles. The first-order valence-electron chi connectivity index (χ1n) is 8.48. The summed E-state index contributed by atoms with van der Waals surface area (Å²) >= 11 is 0. The van der Waals surface area contributed by atoms with Gasteiger partial charge in [0.15, 0.2) is 0 Å². The summed E-state index contributed by atoms with van der Waals surface area (Å²) in [5.74, 6) is -2.53. The number of azide groups is 1. The Balaban J connectivity index is 1.90. The van der Waals surface area contributed by atoms with Crippen molar-refractivity contribution in [2.75, 3.05) is 11.9 Å². The number of hydrogen-bond acceptors (Lipinski definition) is 8. The number of rotatable bonds is 10. The molecule has 0 bridgehead atoms. The number of aliphatic carboxylic acids is 1. The Kier molecular flexibility index (Phi) is 6.88. The standard InChI is InChI=1S/C16H18N6O6/c17-20-19-10-4-5-11(13(9-10)22(27)28)18-8-2-1-3-12(16(25)26)21-14(23)6-7-15(21)24/h4-5,9,12,18H,1-3,6-8H2,(H,25,26)/p-1. The number of nitrogens with zero attached hydrogens (tertiary/aromatic N) is 5. The Hall–Kier alpha value is -3.66. The molecule has 148 valence electrons. The molecule has 1 aliphatic rings. The quantitative estimate of drug-likeness (QED) is 0.119. The summed E-state index contributed by atoms with van der Waals surface area (Å²) in [6.45, 7) is 0.295. The van der Waals surface area contributed by atoms with Gasteiger partial charge in [0.05, 0.1) is 16.9 Å². The zero-order chi connectivity index (χ0) is 20.7. The van der Waals surface area contributed by atoms with E-state index in [-0.39, 0.29) is 36.3 Å². The molecule has 1 aromatic rings. The van der Waals surface area contributed by atoms with Gasteiger partial charge in [-0.1, -0.05) is 11.2 Å². The molecule has 1 saturated heterocycles. The van der Waals surface area contributed by atoms with Crippen LogP contribution in [-0.2, 0) is 14.4 Å². The summed E-state index contributed by atoms with van der Waals surface area (Å²) in [6, 6.07) is 2.66. The second kappa shape index (κ2) is 9.33. The Bertz CT molecular complexity index is 834. The van der Waals surface area contributed by atoms with E-state index < -0.39 is 28.7 Å². The van der Waals surface area contributed by atoms with Crippen LogP contribution in [0.1, 0.15) is 32.1 Å². The van der Waals surface area contributed by atoms with Crippen LogP contribution in [0.4, 0.5) is 17.1 Å². The summed E-state index contributed by atoms with van der Waals surface area (Å²) in [6.07, 6.45) is 0.835. The van der Waals surface area contributed by atoms with Gasteiger partial charge in [-0.3, -0.25) is 24.6 Å². The number of nitrogens with one attached hydrogen (secondary N) is 1. The third-order valence-electron chi connectivity index (χ3n) is 4.23. The first-order chi connectivity index (χ1) is 13.3. The fraction of sp³-hybridized carbons (Fsp3) is 0.438. The number of imide groups is 1. The van der Waals surface area contributed by atoms with Crippen LogP contribution in [0.3, 0.4) is 0 Å². The zero-order valence-corrected chi connectivity index (χ0v) is 14.7. The third kappa shape index (κ3) is 4.95. The van der Waals surface area contributed by atoms with Crippen molar-refractivity contribution in [2.24, 2.45) is 5.11 Å². The van der Waals surface area contributed by atoms with Gasteiger partial charge in [-0.15, -0.1) is 0 Å². The molecule has 1 fully saturated rings. The number of carbonyl (C=O) groups is 3. The topological polar surface area (TPSA) is 181 Å². The number of carboxylic acid groups (broad SMARTS) is 1. The number of nitro benzene ring substituents is 1. The van der Waals surface area contributed by atoms with Gasteiger partial charge in [0.1, 0.15) is 5.69 Å². The molecule has 12 nitrogen and oxygen atoms in total. The lowest BCUT2D eigenvalue weighted by Gasteiger charge is -2.27. The highest BCUT2D eigenvalue weighted by atomic mass is 16.6. The third-order valence-corrected chi connectivity index (χ3v) is 4.23. The van der Waals surface area contributed by atoms with E-state index in [0.717, 1.165) is 11.0 Å². The van der Waals surface area contributed by atoms with Crippen LogP contribution in [0, 0.1) is 10.1 Å². The fourth-order valence-electron chi connectivity index (χ4n) is 2.91. The van der Waals surface area contributed by atoms with E-state index in [1.807, 2.05) is 0 Å². The molecule has 12 heteroatoms. The maximum Gasteiger partial charge on any atom is 0.292 e. The normalized spacial score (nSPS) is 14.5. The summed E-state index contributed by atoms with van der Waals surface area (Å²) < 4.78 is 0. The van der Waals surface area contributed by atoms with E-state index in [9.17, 15) is 29.6 Å². The molecule has 1 aliphatic heterocycles. The second-order valence-corrected chi connectivity index (χ2v) is 6.06. The molecule has 1 unspecified atom stereocenters. The van der Waals surface area contributed by atoms with Gasteiger partial charge in [-0.2, -0.15) is 0 Å². The van der Waals surface area contributed by atoms with Crippen molar-refractivity contribution in [3.8, 4) is 0 Å². The molecule has 0 aromatic heterocycles. The lowest BCUT2D eigenvalue weighted by atomic mass is 10.1. The second-order valence-electron chi connectivity index (χ2n) is 6.06. The highest BCUT2D eigenvalue weighted by Gasteiger charge is 2.35. The predicted molar refractivity (Wildman–Crippen MR) is 94.1 cm³/mol. The Morgan fingerprint density at radius 2 is 2.00 bits per heavy atom. The van der Waals surface area contributed by atoms with Crippen molar-refractivity contribution in [2.45, 2.75) is 38.1 Å². The molecule has 1 atom stereocenters. The molecule has 0 radical (unpaired) electrons. The van der Waals surface area contributed by atoms with Gasteiger partial charge in [0.2, 0.25) is 11.8 Å². The lowest BCUT2D eigenvalue weighted by Crippen LogP contribution is -2.50. The van der Waals surface area contributed by atoms with E-state index in [0.29, 0.717) is 19.4 Å². The molecule has 1 aromatic carbocycles. The van der Waals surface area contributed by atoms with E-state index in [1.165, 1.54) is 12.1 Å². The van der Waals surface area contributed by atoms with Crippen LogP contribution >= 0.6 is 0 Å². The lowest BCUT2D eigenvalue weighted by molar-refractivity contribution is -0.383. The van der Waals surface area contributed by atoms with Crippen molar-refractivity contribution in [1.82, 2.24) is 4.90 Å². The minimum absolute atomic E-state index is 0.000319. The summed E-state index contributed by atoms with van der Waals surface area (Å²) in [4.78, 5) is 48.5. The predicted octanol–water partition coefficient (Wildman–Crippen LogP) is 1.39. The van der Waals surface area contributed by atoms with Crippen LogP contribution in [0.15, 0.2) is 23.3 Å². The van der Waals surface area contributed by atoms with Gasteiger partial charge in [0, 0.05) is 36.1 Å². The maximum atomic E-state index is 11.7. The van der Waals surface area contributed by atoms with E-state index in [4.69, 9.17) is 5.53 Å². The van der Waals surface area contributed by atoms with E-state index >= 15 is 0 Å². The Morgan fingerprint density at radius 1 is 1.32 bits per heavy atom. The largest absolute Gasteiger partial charge is 0.548 e. The van der Waals surface area contributed by atoms with Gasteiger partial charge in [-0.05, 0) is 30.9 Å². The van der Waals surface area contributed by atoms with Crippen LogP contribution in [0.25, 0.3) is 10.4 Å². The smallest absolute Gasteiger partial charge is 0.292 e. The van der Waals surface area contributed by atoms with Crippen molar-refractivity contribution in [3.63, 3.8) is 0 Å². The van der Waals surface area contributed by atoms with Crippen LogP contribution in [-0.4, -0.2) is 40.2 Å². The van der Waals surface area contributed by atoms with Crippen molar-refractivity contribution in [3.05, 3.63) is 38.8 Å². The number of benzene rings is 1. The van der Waals surface area contributed by atoms with Crippen LogP contribution < -0.4 is 10.4 Å². The van der Waals surface area contributed by atoms with Crippen LogP contribution in [0.5, 0.6) is 0 Å². The maximum absolute atomic E-state index is 11.7. The van der Waals surface area contributed by atoms with Gasteiger partial charge in [-0.25, -0.2) is 0 Å². The highest BCUT2D eigenvalue weighted by molar-refractivity contribution is 6.04. The monoisotopic (exact) mass is 389 g/mol. The molecule has 0 spiro atoms. The first kappa shape index (κ1) is 20.6. The average Bonchev–Trinajstić information content (AvgIpc) is 2.97. The molecular weight excluding hydrogens is 372 g/mol. The van der Waals surface area contributed by atoms with Gasteiger partial charge >= 0.3 is 0 Å². The molecule has 28 heavy (non-hydrogen) atoms. The van der Waals surface area contributed by atoms with Crippen molar-refractivity contribution >= 4 is 34.8 Å². The summed E-state index contributed by atoms with van der Waals surface area (Å²) in [5.41, 5.74) is 8.47. The number of amides is 2. The number of likely N-dealkylation sites (tertiary alicyclic amines) is 1. The van der Waals surface area contributed by atoms with E-state index in [1.54, 1.807) is 0 Å². The summed E-state index contributed by atoms with van der Waals surface area (Å²) in [5, 5.41) is 28.6. The molecule has 1 N–H and O–H groups in total. The number of hydrogen-bond donors (Lipinski definition) is 1. The van der Waals surface area contributed by atoms with Crippen LogP contribution in [0.2, 0.25) is 0 Å². The van der Waals surface area contributed by atoms with Gasteiger partial charge < -0.3 is 15.2 Å². The number of carboxylic acids is 1. The molecule has 2 amide bonds. The molecule has 0 aliphatic carbocycles. The number of anilines is 1. The van der Waals surface area contributed by atoms with Crippen molar-refractivity contribution in [1.29, 1.82) is 0 Å². The fourth-order valence-corrected chi connectivity index (χ4v) is 2.91. The number of carbonyl (C=O) groups excluding carboxylic acids is 3. The zero-order valence-electron chi connectivity index (χ0n) is 14.7. The van der Waals surface area contributed by atoms with Gasteiger partial charge in [0.25, 0.3) is 5.69 Å². The molecule has 2 rings (SSSR count). The van der Waals surface area contributed by atoms with E-state index in [2.05, 4.69) is 15.3 Å². The minimum Gasteiger partial charge on any atom is -0.548 e. The minimum atomic E-state index is -1.49. The average molecular weight is 389 g/mol.